The molecule has 0 saturated heterocycles. The Labute approximate surface area is 122 Å². The van der Waals surface area contributed by atoms with E-state index in [1.807, 2.05) is 32.9 Å². The van der Waals surface area contributed by atoms with Crippen LogP contribution in [0.2, 0.25) is 0 Å². The van der Waals surface area contributed by atoms with E-state index in [1.54, 1.807) is 6.07 Å². The predicted octanol–water partition coefficient (Wildman–Crippen LogP) is 4.73. The largest absolute Gasteiger partial charge is 0.453 e. The van der Waals surface area contributed by atoms with Crippen LogP contribution in [0.15, 0.2) is 40.8 Å². The summed E-state index contributed by atoms with van der Waals surface area (Å²) in [7, 11) is 0. The molecule has 0 fully saturated rings. The van der Waals surface area contributed by atoms with E-state index in [4.69, 9.17) is 4.42 Å². The lowest BCUT2D eigenvalue weighted by Crippen LogP contribution is -2.05. The topological polar surface area (TPSA) is 30.2 Å². The molecule has 0 radical (unpaired) electrons. The average Bonchev–Trinajstić information content (AvgIpc) is 2.80. The molecular weight excluding hydrogens is 267 g/mol. The molecule has 0 unspecified atom stereocenters. The third-order valence-electron chi connectivity index (χ3n) is 3.61. The Morgan fingerprint density at radius 1 is 1.00 bits per heavy atom. The van der Waals surface area contributed by atoms with Crippen molar-refractivity contribution in [2.75, 3.05) is 0 Å². The van der Waals surface area contributed by atoms with Crippen molar-refractivity contribution in [3.05, 3.63) is 70.2 Å². The van der Waals surface area contributed by atoms with Gasteiger partial charge in [-0.15, -0.1) is 0 Å². The van der Waals surface area contributed by atoms with E-state index in [1.165, 1.54) is 18.2 Å². The minimum absolute atomic E-state index is 0.165. The minimum Gasteiger partial charge on any atom is -0.453 e. The molecule has 2 aromatic carbocycles. The average molecular weight is 282 g/mol. The number of fused-ring (bicyclic) bond motifs is 1. The molecule has 0 bridgehead atoms. The van der Waals surface area contributed by atoms with Gasteiger partial charge in [0.05, 0.1) is 0 Å². The van der Waals surface area contributed by atoms with Crippen molar-refractivity contribution < 1.29 is 13.6 Å². The Hall–Kier alpha value is -2.42. The van der Waals surface area contributed by atoms with Gasteiger partial charge < -0.3 is 4.42 Å². The van der Waals surface area contributed by atoms with Crippen molar-refractivity contribution >= 4 is 16.8 Å². The summed E-state index contributed by atoms with van der Waals surface area (Å²) in [4.78, 5) is 12.7. The highest BCUT2D eigenvalue weighted by atomic mass is 19.1. The third-order valence-corrected chi connectivity index (χ3v) is 3.61. The van der Waals surface area contributed by atoms with Gasteiger partial charge in [0.25, 0.3) is 0 Å². The smallest absolute Gasteiger partial charge is 0.228 e. The van der Waals surface area contributed by atoms with Crippen LogP contribution in [0, 0.1) is 26.6 Å². The highest BCUT2D eigenvalue weighted by Gasteiger charge is 2.19. The second-order valence-electron chi connectivity index (χ2n) is 5.40. The lowest BCUT2D eigenvalue weighted by Gasteiger charge is -2.08. The number of aryl methyl sites for hydroxylation is 3. The molecule has 3 heteroatoms. The van der Waals surface area contributed by atoms with E-state index in [0.717, 1.165) is 16.7 Å². The number of carbonyl (C=O) groups excluding carboxylic acids is 1. The van der Waals surface area contributed by atoms with Gasteiger partial charge in [-0.1, -0.05) is 17.7 Å². The Bertz CT molecular complexity index is 836. The Morgan fingerprint density at radius 2 is 1.67 bits per heavy atom. The monoisotopic (exact) mass is 282 g/mol. The SMILES string of the molecule is Cc1cc(C)c(C(=O)c2cc3cc(F)ccc3o2)c(C)c1. The number of hydrogen-bond donors (Lipinski definition) is 0. The molecule has 106 valence electrons. The zero-order valence-electron chi connectivity index (χ0n) is 12.2. The summed E-state index contributed by atoms with van der Waals surface area (Å²) in [6.45, 7) is 5.82. The summed E-state index contributed by atoms with van der Waals surface area (Å²) in [5.74, 6) is -0.266. The molecule has 0 aliphatic carbocycles. The lowest BCUT2D eigenvalue weighted by atomic mass is 9.95. The van der Waals surface area contributed by atoms with Crippen LogP contribution in [0.25, 0.3) is 11.0 Å². The number of hydrogen-bond acceptors (Lipinski definition) is 2. The summed E-state index contributed by atoms with van der Waals surface area (Å²) in [5.41, 5.74) is 4.13. The van der Waals surface area contributed by atoms with E-state index in [-0.39, 0.29) is 17.4 Å². The summed E-state index contributed by atoms with van der Waals surface area (Å²) in [6, 6.07) is 9.77. The summed E-state index contributed by atoms with van der Waals surface area (Å²) in [6.07, 6.45) is 0. The van der Waals surface area contributed by atoms with E-state index in [2.05, 4.69) is 0 Å². The summed E-state index contributed by atoms with van der Waals surface area (Å²) >= 11 is 0. The number of benzene rings is 2. The number of rotatable bonds is 2. The van der Waals surface area contributed by atoms with Crippen molar-refractivity contribution in [2.45, 2.75) is 20.8 Å². The van der Waals surface area contributed by atoms with Crippen molar-refractivity contribution in [1.29, 1.82) is 0 Å². The minimum atomic E-state index is -0.343. The van der Waals surface area contributed by atoms with E-state index < -0.39 is 0 Å². The van der Waals surface area contributed by atoms with E-state index in [0.29, 0.717) is 16.5 Å². The van der Waals surface area contributed by atoms with Gasteiger partial charge >= 0.3 is 0 Å². The fraction of sp³-hybridized carbons (Fsp3) is 0.167. The lowest BCUT2D eigenvalue weighted by molar-refractivity contribution is 0.101. The van der Waals surface area contributed by atoms with Gasteiger partial charge in [-0.2, -0.15) is 0 Å². The Balaban J connectivity index is 2.12. The van der Waals surface area contributed by atoms with Gasteiger partial charge in [-0.3, -0.25) is 4.79 Å². The molecule has 3 aromatic rings. The van der Waals surface area contributed by atoms with Crippen LogP contribution in [0.3, 0.4) is 0 Å². The molecule has 0 aliphatic heterocycles. The highest BCUT2D eigenvalue weighted by molar-refractivity contribution is 6.10. The molecule has 1 aromatic heterocycles. The molecule has 0 amide bonds. The fourth-order valence-corrected chi connectivity index (χ4v) is 2.79. The zero-order valence-corrected chi connectivity index (χ0v) is 12.2. The van der Waals surface area contributed by atoms with Crippen LogP contribution >= 0.6 is 0 Å². The van der Waals surface area contributed by atoms with Crippen LogP contribution in [0.4, 0.5) is 4.39 Å². The van der Waals surface area contributed by atoms with E-state index in [9.17, 15) is 9.18 Å². The van der Waals surface area contributed by atoms with Crippen LogP contribution in [-0.2, 0) is 0 Å². The molecule has 0 atom stereocenters. The van der Waals surface area contributed by atoms with Gasteiger partial charge in [0.1, 0.15) is 11.4 Å². The molecule has 0 saturated carbocycles. The maximum atomic E-state index is 13.2. The van der Waals surface area contributed by atoms with Crippen molar-refractivity contribution in [3.8, 4) is 0 Å². The molecule has 0 N–H and O–H groups in total. The Morgan fingerprint density at radius 3 is 2.33 bits per heavy atom. The highest BCUT2D eigenvalue weighted by Crippen LogP contribution is 2.25. The second kappa shape index (κ2) is 4.85. The number of halogens is 1. The number of ketones is 1. The van der Waals surface area contributed by atoms with E-state index >= 15 is 0 Å². The van der Waals surface area contributed by atoms with Crippen molar-refractivity contribution in [2.24, 2.45) is 0 Å². The number of furan rings is 1. The van der Waals surface area contributed by atoms with Crippen LogP contribution in [0.5, 0.6) is 0 Å². The zero-order chi connectivity index (χ0) is 15.1. The van der Waals surface area contributed by atoms with Crippen LogP contribution < -0.4 is 0 Å². The molecule has 3 rings (SSSR count). The van der Waals surface area contributed by atoms with Crippen LogP contribution in [-0.4, -0.2) is 5.78 Å². The van der Waals surface area contributed by atoms with Gasteiger partial charge in [0.15, 0.2) is 5.76 Å². The summed E-state index contributed by atoms with van der Waals surface area (Å²) in [5, 5.41) is 0.598. The second-order valence-corrected chi connectivity index (χ2v) is 5.40. The van der Waals surface area contributed by atoms with Gasteiger partial charge in [0.2, 0.25) is 5.78 Å². The standard InChI is InChI=1S/C18H15FO2/c1-10-6-11(2)17(12(3)7-10)18(20)16-9-13-8-14(19)4-5-15(13)21-16/h4-9H,1-3H3. The summed E-state index contributed by atoms with van der Waals surface area (Å²) < 4.78 is 18.8. The van der Waals surface area contributed by atoms with Gasteiger partial charge in [-0.05, 0) is 56.2 Å². The third kappa shape index (κ3) is 2.35. The molecular formula is C18H15FO2. The normalized spacial score (nSPS) is 11.0. The molecule has 2 nitrogen and oxygen atoms in total. The maximum Gasteiger partial charge on any atom is 0.228 e. The fourth-order valence-electron chi connectivity index (χ4n) is 2.79. The molecule has 1 heterocycles. The molecule has 0 aliphatic rings. The maximum absolute atomic E-state index is 13.2. The van der Waals surface area contributed by atoms with Gasteiger partial charge in [0, 0.05) is 10.9 Å². The first-order valence-corrected chi connectivity index (χ1v) is 6.77. The number of carbonyl (C=O) groups is 1. The van der Waals surface area contributed by atoms with Crippen molar-refractivity contribution in [3.63, 3.8) is 0 Å². The first kappa shape index (κ1) is 13.6. The quantitative estimate of drug-likeness (QED) is 0.636. The van der Waals surface area contributed by atoms with Gasteiger partial charge in [-0.25, -0.2) is 4.39 Å². The predicted molar refractivity (Wildman–Crippen MR) is 80.3 cm³/mol. The first-order valence-electron chi connectivity index (χ1n) is 6.77. The molecule has 21 heavy (non-hydrogen) atoms. The van der Waals surface area contributed by atoms with Crippen molar-refractivity contribution in [1.82, 2.24) is 0 Å². The first-order chi connectivity index (χ1) is 9.95. The molecule has 0 spiro atoms. The van der Waals surface area contributed by atoms with Crippen LogP contribution in [0.1, 0.15) is 32.8 Å². The Kier molecular flexibility index (Phi) is 3.13.